The van der Waals surface area contributed by atoms with E-state index in [1.54, 1.807) is 0 Å². The lowest BCUT2D eigenvalue weighted by atomic mass is 10.5. The van der Waals surface area contributed by atoms with Crippen LogP contribution in [0.2, 0.25) is 0 Å². The van der Waals surface area contributed by atoms with E-state index in [0.717, 1.165) is 19.6 Å². The highest BCUT2D eigenvalue weighted by atomic mass is 79.9. The number of hydrogen-bond acceptors (Lipinski definition) is 2. The van der Waals surface area contributed by atoms with Crippen molar-refractivity contribution in [1.29, 1.82) is 0 Å². The molecule has 0 aromatic carbocycles. The van der Waals surface area contributed by atoms with E-state index in [1.165, 1.54) is 0 Å². The third kappa shape index (κ3) is 6.28. The van der Waals surface area contributed by atoms with E-state index in [0.29, 0.717) is 0 Å². The van der Waals surface area contributed by atoms with E-state index in [-0.39, 0.29) is 23.6 Å². The first-order valence-corrected chi connectivity index (χ1v) is 3.18. The van der Waals surface area contributed by atoms with E-state index in [9.17, 15) is 0 Å². The Kier molecular flexibility index (Phi) is 11.3. The lowest BCUT2D eigenvalue weighted by Crippen LogP contribution is -2.25. The zero-order chi connectivity index (χ0) is 6.41. The minimum atomic E-state index is 0. The van der Waals surface area contributed by atoms with Gasteiger partial charge in [0.15, 0.2) is 0 Å². The van der Waals surface area contributed by atoms with Gasteiger partial charge < -0.3 is 10.0 Å². The maximum Gasteiger partial charge on any atom is 0.0558 e. The smallest absolute Gasteiger partial charge is 0.0558 e. The molecule has 0 unspecified atom stereocenters. The van der Waals surface area contributed by atoms with Crippen molar-refractivity contribution in [3.63, 3.8) is 0 Å². The van der Waals surface area contributed by atoms with E-state index in [4.69, 9.17) is 5.11 Å². The van der Waals surface area contributed by atoms with Gasteiger partial charge in [0.25, 0.3) is 0 Å². The Morgan fingerprint density at radius 2 is 1.67 bits per heavy atom. The number of aliphatic hydroxyl groups excluding tert-OH is 1. The molecule has 0 aromatic heterocycles. The molecule has 0 saturated carbocycles. The Balaban J connectivity index is 0. The number of halogens is 1. The van der Waals surface area contributed by atoms with E-state index < -0.39 is 0 Å². The highest BCUT2D eigenvalue weighted by molar-refractivity contribution is 8.93. The quantitative estimate of drug-likeness (QED) is 0.725. The summed E-state index contributed by atoms with van der Waals surface area (Å²) in [4.78, 5) is 2.18. The number of hydrogen-bond donors (Lipinski definition) is 1. The Morgan fingerprint density at radius 1 is 1.22 bits per heavy atom. The first kappa shape index (κ1) is 12.1. The van der Waals surface area contributed by atoms with Crippen LogP contribution in [-0.2, 0) is 0 Å². The zero-order valence-corrected chi connectivity index (χ0v) is 7.84. The summed E-state index contributed by atoms with van der Waals surface area (Å²) in [6.45, 7) is 7.36. The first-order chi connectivity index (χ1) is 3.85. The van der Waals surface area contributed by atoms with Gasteiger partial charge in [0.2, 0.25) is 0 Å². The molecule has 0 aromatic rings. The maximum atomic E-state index is 8.46. The molecule has 0 heterocycles. The number of nitrogens with zero attached hydrogens (tertiary/aromatic N) is 1. The molecule has 0 aliphatic heterocycles. The minimum Gasteiger partial charge on any atom is -0.395 e. The van der Waals surface area contributed by atoms with Crippen LogP contribution in [0.1, 0.15) is 13.8 Å². The molecule has 58 valence electrons. The summed E-state index contributed by atoms with van der Waals surface area (Å²) in [6, 6.07) is 0. The summed E-state index contributed by atoms with van der Waals surface area (Å²) in [5, 5.41) is 8.46. The maximum absolute atomic E-state index is 8.46. The zero-order valence-electron chi connectivity index (χ0n) is 6.13. The second-order valence-electron chi connectivity index (χ2n) is 1.75. The van der Waals surface area contributed by atoms with Crippen LogP contribution in [0, 0.1) is 0 Å². The summed E-state index contributed by atoms with van der Waals surface area (Å²) < 4.78 is 0. The molecule has 9 heavy (non-hydrogen) atoms. The lowest BCUT2D eigenvalue weighted by molar-refractivity contribution is 0.208. The molecule has 0 rings (SSSR count). The standard InChI is InChI=1S/C6H15NO.BrH/c1-3-7(4-2)5-6-8;/h8H,3-6H2,1-2H3;1H. The van der Waals surface area contributed by atoms with Gasteiger partial charge in [-0.2, -0.15) is 0 Å². The van der Waals surface area contributed by atoms with Crippen molar-refractivity contribution in [3.8, 4) is 0 Å². The second-order valence-corrected chi connectivity index (χ2v) is 1.75. The third-order valence-corrected chi connectivity index (χ3v) is 1.31. The average molecular weight is 198 g/mol. The first-order valence-electron chi connectivity index (χ1n) is 3.18. The fraction of sp³-hybridized carbons (Fsp3) is 1.00. The van der Waals surface area contributed by atoms with Gasteiger partial charge in [-0.05, 0) is 13.1 Å². The van der Waals surface area contributed by atoms with E-state index in [2.05, 4.69) is 18.7 Å². The molecule has 3 heteroatoms. The fourth-order valence-electron chi connectivity index (χ4n) is 0.681. The highest BCUT2D eigenvalue weighted by Crippen LogP contribution is 1.82. The minimum absolute atomic E-state index is 0. The Hall–Kier alpha value is 0.400. The SMILES string of the molecule is Br.CCN(CC)CCO. The van der Waals surface area contributed by atoms with E-state index >= 15 is 0 Å². The van der Waals surface area contributed by atoms with Crippen LogP contribution < -0.4 is 0 Å². The van der Waals surface area contributed by atoms with Crippen molar-refractivity contribution < 1.29 is 5.11 Å². The monoisotopic (exact) mass is 197 g/mol. The molecule has 1 N–H and O–H groups in total. The molecule has 0 amide bonds. The second kappa shape index (κ2) is 8.40. The van der Waals surface area contributed by atoms with Crippen LogP contribution in [0.5, 0.6) is 0 Å². The molecule has 0 atom stereocenters. The normalized spacial score (nSPS) is 9.33. The fourth-order valence-corrected chi connectivity index (χ4v) is 0.681. The molecule has 0 saturated heterocycles. The van der Waals surface area contributed by atoms with Crippen LogP contribution >= 0.6 is 17.0 Å². The Morgan fingerprint density at radius 3 is 1.78 bits per heavy atom. The summed E-state index contributed by atoms with van der Waals surface area (Å²) >= 11 is 0. The number of rotatable bonds is 4. The van der Waals surface area contributed by atoms with Gasteiger partial charge in [0, 0.05) is 6.54 Å². The molecule has 0 spiro atoms. The van der Waals surface area contributed by atoms with Gasteiger partial charge in [-0.3, -0.25) is 0 Å². The van der Waals surface area contributed by atoms with Gasteiger partial charge in [-0.1, -0.05) is 13.8 Å². The predicted octanol–water partition coefficient (Wildman–Crippen LogP) is 0.898. The molecule has 0 fully saturated rings. The van der Waals surface area contributed by atoms with Crippen LogP contribution in [0.15, 0.2) is 0 Å². The van der Waals surface area contributed by atoms with Gasteiger partial charge in [-0.15, -0.1) is 17.0 Å². The van der Waals surface area contributed by atoms with Crippen LogP contribution in [0.3, 0.4) is 0 Å². The van der Waals surface area contributed by atoms with Crippen molar-refractivity contribution in [2.24, 2.45) is 0 Å². The Labute approximate surface area is 67.6 Å². The molecule has 0 aliphatic rings. The van der Waals surface area contributed by atoms with Crippen LogP contribution in [0.25, 0.3) is 0 Å². The lowest BCUT2D eigenvalue weighted by Gasteiger charge is -2.15. The summed E-state index contributed by atoms with van der Waals surface area (Å²) in [6.07, 6.45) is 0. The van der Waals surface area contributed by atoms with Crippen LogP contribution in [-0.4, -0.2) is 36.2 Å². The van der Waals surface area contributed by atoms with Crippen molar-refractivity contribution in [2.45, 2.75) is 13.8 Å². The molecule has 0 aliphatic carbocycles. The summed E-state index contributed by atoms with van der Waals surface area (Å²) in [5.41, 5.74) is 0. The third-order valence-electron chi connectivity index (χ3n) is 1.31. The van der Waals surface area contributed by atoms with Gasteiger partial charge in [0.05, 0.1) is 6.61 Å². The van der Waals surface area contributed by atoms with Crippen molar-refractivity contribution in [3.05, 3.63) is 0 Å². The average Bonchev–Trinajstić information content (AvgIpc) is 1.83. The Bertz CT molecular complexity index is 48.3. The van der Waals surface area contributed by atoms with Gasteiger partial charge in [0.1, 0.15) is 0 Å². The summed E-state index contributed by atoms with van der Waals surface area (Å²) in [7, 11) is 0. The van der Waals surface area contributed by atoms with Crippen molar-refractivity contribution in [2.75, 3.05) is 26.2 Å². The van der Waals surface area contributed by atoms with Crippen LogP contribution in [0.4, 0.5) is 0 Å². The highest BCUT2D eigenvalue weighted by Gasteiger charge is 1.93. The largest absolute Gasteiger partial charge is 0.395 e. The van der Waals surface area contributed by atoms with E-state index in [1.807, 2.05) is 0 Å². The van der Waals surface area contributed by atoms with Crippen molar-refractivity contribution >= 4 is 17.0 Å². The molecule has 2 nitrogen and oxygen atoms in total. The molecule has 0 bridgehead atoms. The number of likely N-dealkylation sites (N-methyl/N-ethyl adjacent to an activating group) is 1. The predicted molar refractivity (Wildman–Crippen MR) is 45.2 cm³/mol. The molecular weight excluding hydrogens is 182 g/mol. The van der Waals surface area contributed by atoms with Gasteiger partial charge >= 0.3 is 0 Å². The van der Waals surface area contributed by atoms with Gasteiger partial charge in [-0.25, -0.2) is 0 Å². The summed E-state index contributed by atoms with van der Waals surface area (Å²) in [5.74, 6) is 0. The molecule has 0 radical (unpaired) electrons. The topological polar surface area (TPSA) is 23.5 Å². The van der Waals surface area contributed by atoms with Crippen molar-refractivity contribution in [1.82, 2.24) is 4.90 Å². The molecular formula is C6H16BrNO. The number of aliphatic hydroxyl groups is 1.